The molecule has 0 saturated heterocycles. The van der Waals surface area contributed by atoms with Gasteiger partial charge in [0, 0.05) is 18.9 Å². The molecule has 132 valence electrons. The Hall–Kier alpha value is -3.41. The summed E-state index contributed by atoms with van der Waals surface area (Å²) in [5, 5.41) is 6.09. The fourth-order valence-corrected chi connectivity index (χ4v) is 2.45. The number of benzene rings is 1. The summed E-state index contributed by atoms with van der Waals surface area (Å²) in [5.74, 6) is 0.325. The van der Waals surface area contributed by atoms with E-state index in [1.165, 1.54) is 0 Å². The van der Waals surface area contributed by atoms with E-state index >= 15 is 0 Å². The molecule has 2 aromatic heterocycles. The number of methoxy groups -OCH3 is 1. The van der Waals surface area contributed by atoms with Crippen molar-refractivity contribution in [1.29, 1.82) is 0 Å². The van der Waals surface area contributed by atoms with Gasteiger partial charge in [0.05, 0.1) is 24.7 Å². The molecule has 1 aromatic carbocycles. The Bertz CT molecular complexity index is 880. The van der Waals surface area contributed by atoms with Crippen LogP contribution < -0.4 is 15.4 Å². The lowest BCUT2D eigenvalue weighted by Gasteiger charge is -2.11. The Morgan fingerprint density at radius 1 is 1.15 bits per heavy atom. The van der Waals surface area contributed by atoms with Gasteiger partial charge in [-0.3, -0.25) is 9.78 Å². The van der Waals surface area contributed by atoms with Crippen molar-refractivity contribution in [1.82, 2.24) is 9.97 Å². The Labute approximate surface area is 152 Å². The van der Waals surface area contributed by atoms with Crippen LogP contribution in [0, 0.1) is 6.92 Å². The number of hydrogen-bond acceptors (Lipinski definition) is 5. The summed E-state index contributed by atoms with van der Waals surface area (Å²) in [4.78, 5) is 20.7. The molecule has 0 radical (unpaired) electrons. The first-order valence-electron chi connectivity index (χ1n) is 8.20. The predicted octanol–water partition coefficient (Wildman–Crippen LogP) is 3.66. The molecule has 2 heterocycles. The van der Waals surface area contributed by atoms with Gasteiger partial charge in [-0.15, -0.1) is 0 Å². The third-order valence-corrected chi connectivity index (χ3v) is 3.82. The van der Waals surface area contributed by atoms with Crippen LogP contribution in [0.25, 0.3) is 0 Å². The second-order valence-electron chi connectivity index (χ2n) is 5.80. The summed E-state index contributed by atoms with van der Waals surface area (Å²) in [6, 6.07) is 13.0. The standard InChI is InChI=1S/C20H20N4O2/c1-14-5-8-19(26-2)18(10-14)24-20(25)17-7-6-16(13-23-17)22-12-15-4-3-9-21-11-15/h3-11,13,22H,12H2,1-2H3,(H,24,25). The number of rotatable bonds is 6. The fourth-order valence-electron chi connectivity index (χ4n) is 2.45. The highest BCUT2D eigenvalue weighted by Gasteiger charge is 2.11. The lowest BCUT2D eigenvalue weighted by Crippen LogP contribution is -2.14. The molecule has 0 saturated carbocycles. The SMILES string of the molecule is COc1ccc(C)cc1NC(=O)c1ccc(NCc2cccnc2)cn1. The van der Waals surface area contributed by atoms with E-state index in [4.69, 9.17) is 4.74 Å². The number of anilines is 2. The van der Waals surface area contributed by atoms with Crippen molar-refractivity contribution in [3.05, 3.63) is 77.9 Å². The highest BCUT2D eigenvalue weighted by atomic mass is 16.5. The predicted molar refractivity (Wildman–Crippen MR) is 101 cm³/mol. The van der Waals surface area contributed by atoms with E-state index in [1.807, 2.05) is 43.3 Å². The average Bonchev–Trinajstić information content (AvgIpc) is 2.68. The number of nitrogens with one attached hydrogen (secondary N) is 2. The van der Waals surface area contributed by atoms with Crippen molar-refractivity contribution in [3.8, 4) is 5.75 Å². The van der Waals surface area contributed by atoms with Crippen molar-refractivity contribution in [2.45, 2.75) is 13.5 Å². The second-order valence-corrected chi connectivity index (χ2v) is 5.80. The molecule has 6 nitrogen and oxygen atoms in total. The maximum absolute atomic E-state index is 12.4. The smallest absolute Gasteiger partial charge is 0.274 e. The van der Waals surface area contributed by atoms with Gasteiger partial charge in [0.2, 0.25) is 0 Å². The second kappa shape index (κ2) is 8.11. The number of carbonyl (C=O) groups is 1. The zero-order valence-corrected chi connectivity index (χ0v) is 14.7. The normalized spacial score (nSPS) is 10.2. The Morgan fingerprint density at radius 3 is 2.73 bits per heavy atom. The molecule has 3 rings (SSSR count). The number of nitrogens with zero attached hydrogens (tertiary/aromatic N) is 2. The van der Waals surface area contributed by atoms with Crippen LogP contribution >= 0.6 is 0 Å². The van der Waals surface area contributed by atoms with E-state index in [2.05, 4.69) is 20.6 Å². The number of hydrogen-bond donors (Lipinski definition) is 2. The Balaban J connectivity index is 1.64. The summed E-state index contributed by atoms with van der Waals surface area (Å²) in [6.07, 6.45) is 5.18. The summed E-state index contributed by atoms with van der Waals surface area (Å²) in [5.41, 5.74) is 3.89. The van der Waals surface area contributed by atoms with Gasteiger partial charge < -0.3 is 15.4 Å². The van der Waals surface area contributed by atoms with E-state index in [9.17, 15) is 4.79 Å². The van der Waals surface area contributed by atoms with Crippen LogP contribution in [0.1, 0.15) is 21.6 Å². The van der Waals surface area contributed by atoms with Crippen LogP contribution in [0.4, 0.5) is 11.4 Å². The van der Waals surface area contributed by atoms with Crippen molar-refractivity contribution in [3.63, 3.8) is 0 Å². The van der Waals surface area contributed by atoms with Gasteiger partial charge >= 0.3 is 0 Å². The third-order valence-electron chi connectivity index (χ3n) is 3.82. The first-order chi connectivity index (χ1) is 12.7. The highest BCUT2D eigenvalue weighted by molar-refractivity contribution is 6.03. The van der Waals surface area contributed by atoms with E-state index in [0.29, 0.717) is 23.7 Å². The first kappa shape index (κ1) is 17.4. The maximum Gasteiger partial charge on any atom is 0.274 e. The lowest BCUT2D eigenvalue weighted by atomic mass is 10.2. The minimum atomic E-state index is -0.285. The zero-order valence-electron chi connectivity index (χ0n) is 14.7. The molecule has 0 aliphatic carbocycles. The van der Waals surface area contributed by atoms with E-state index in [-0.39, 0.29) is 5.91 Å². The Morgan fingerprint density at radius 2 is 2.04 bits per heavy atom. The van der Waals surface area contributed by atoms with Gasteiger partial charge in [-0.05, 0) is 48.4 Å². The molecule has 0 spiro atoms. The average molecular weight is 348 g/mol. The summed E-state index contributed by atoms with van der Waals surface area (Å²) >= 11 is 0. The van der Waals surface area contributed by atoms with Gasteiger partial charge in [-0.1, -0.05) is 12.1 Å². The van der Waals surface area contributed by atoms with Crippen molar-refractivity contribution in [2.24, 2.45) is 0 Å². The third kappa shape index (κ3) is 4.36. The number of ether oxygens (including phenoxy) is 1. The quantitative estimate of drug-likeness (QED) is 0.711. The fraction of sp³-hybridized carbons (Fsp3) is 0.150. The minimum Gasteiger partial charge on any atom is -0.495 e. The maximum atomic E-state index is 12.4. The summed E-state index contributed by atoms with van der Waals surface area (Å²) in [6.45, 7) is 2.59. The molecule has 1 amide bonds. The van der Waals surface area contributed by atoms with Crippen LogP contribution in [-0.4, -0.2) is 23.0 Å². The van der Waals surface area contributed by atoms with E-state index in [0.717, 1.165) is 16.8 Å². The number of aromatic nitrogens is 2. The lowest BCUT2D eigenvalue weighted by molar-refractivity contribution is 0.102. The highest BCUT2D eigenvalue weighted by Crippen LogP contribution is 2.25. The molecule has 0 atom stereocenters. The minimum absolute atomic E-state index is 0.285. The topological polar surface area (TPSA) is 76.1 Å². The monoisotopic (exact) mass is 348 g/mol. The van der Waals surface area contributed by atoms with Crippen molar-refractivity contribution in [2.75, 3.05) is 17.7 Å². The molecular formula is C20H20N4O2. The van der Waals surface area contributed by atoms with Crippen LogP contribution in [0.3, 0.4) is 0 Å². The van der Waals surface area contributed by atoms with Crippen LogP contribution in [0.5, 0.6) is 5.75 Å². The summed E-state index contributed by atoms with van der Waals surface area (Å²) < 4.78 is 5.28. The number of carbonyl (C=O) groups excluding carboxylic acids is 1. The van der Waals surface area contributed by atoms with Gasteiger partial charge in [-0.2, -0.15) is 0 Å². The van der Waals surface area contributed by atoms with Crippen LogP contribution in [-0.2, 0) is 6.54 Å². The molecule has 0 aliphatic rings. The van der Waals surface area contributed by atoms with Gasteiger partial charge in [-0.25, -0.2) is 4.98 Å². The van der Waals surface area contributed by atoms with Gasteiger partial charge in [0.15, 0.2) is 0 Å². The van der Waals surface area contributed by atoms with Crippen LogP contribution in [0.2, 0.25) is 0 Å². The Kier molecular flexibility index (Phi) is 5.43. The van der Waals surface area contributed by atoms with Crippen molar-refractivity contribution >= 4 is 17.3 Å². The number of amides is 1. The zero-order chi connectivity index (χ0) is 18.4. The molecule has 0 unspecified atom stereocenters. The molecule has 0 aliphatic heterocycles. The molecule has 3 aromatic rings. The summed E-state index contributed by atoms with van der Waals surface area (Å²) in [7, 11) is 1.57. The van der Waals surface area contributed by atoms with Gasteiger partial charge in [0.25, 0.3) is 5.91 Å². The number of aryl methyl sites for hydroxylation is 1. The largest absolute Gasteiger partial charge is 0.495 e. The molecule has 2 N–H and O–H groups in total. The molecule has 0 fully saturated rings. The number of pyridine rings is 2. The van der Waals surface area contributed by atoms with E-state index in [1.54, 1.807) is 31.8 Å². The molecule has 0 bridgehead atoms. The van der Waals surface area contributed by atoms with Crippen molar-refractivity contribution < 1.29 is 9.53 Å². The van der Waals surface area contributed by atoms with Crippen LogP contribution in [0.15, 0.2) is 61.1 Å². The first-order valence-corrected chi connectivity index (χ1v) is 8.20. The van der Waals surface area contributed by atoms with E-state index < -0.39 is 0 Å². The molecule has 26 heavy (non-hydrogen) atoms. The molecular weight excluding hydrogens is 328 g/mol. The molecule has 6 heteroatoms. The van der Waals surface area contributed by atoms with Gasteiger partial charge in [0.1, 0.15) is 11.4 Å².